The summed E-state index contributed by atoms with van der Waals surface area (Å²) in [7, 11) is -3.39. The van der Waals surface area contributed by atoms with Gasteiger partial charge in [-0.05, 0) is 17.7 Å². The summed E-state index contributed by atoms with van der Waals surface area (Å²) in [4.78, 5) is 21.5. The standard InChI is InChI=1S/C14H16Cl3NO6S/c1-25(22,23)9-4-2-8(3-5-9)12(20)10(7-24-11(19)6-15)18-14(21)13(16)17/h2-5,10,12-13,20H,6-7H2,1H3,(H,18,21)/t10-,12-/m0/s1. The van der Waals surface area contributed by atoms with Gasteiger partial charge in [0.25, 0.3) is 5.91 Å². The van der Waals surface area contributed by atoms with Gasteiger partial charge >= 0.3 is 5.97 Å². The first-order chi connectivity index (χ1) is 11.6. The van der Waals surface area contributed by atoms with E-state index in [4.69, 9.17) is 39.5 Å². The summed E-state index contributed by atoms with van der Waals surface area (Å²) in [6.45, 7) is -0.382. The van der Waals surface area contributed by atoms with Crippen molar-refractivity contribution in [3.63, 3.8) is 0 Å². The fraction of sp³-hybridized carbons (Fsp3) is 0.429. The lowest BCUT2D eigenvalue weighted by Crippen LogP contribution is -2.45. The van der Waals surface area contributed by atoms with Gasteiger partial charge in [-0.15, -0.1) is 11.6 Å². The van der Waals surface area contributed by atoms with Gasteiger partial charge in [0.2, 0.25) is 0 Å². The van der Waals surface area contributed by atoms with E-state index in [0.29, 0.717) is 5.56 Å². The Bertz CT molecular complexity index is 708. The van der Waals surface area contributed by atoms with Crippen LogP contribution in [0, 0.1) is 0 Å². The Morgan fingerprint density at radius 3 is 2.24 bits per heavy atom. The van der Waals surface area contributed by atoms with Crippen LogP contribution in [0.2, 0.25) is 0 Å². The monoisotopic (exact) mass is 431 g/mol. The van der Waals surface area contributed by atoms with Crippen molar-refractivity contribution in [1.29, 1.82) is 0 Å². The lowest BCUT2D eigenvalue weighted by Gasteiger charge is -2.24. The molecule has 0 spiro atoms. The van der Waals surface area contributed by atoms with Crippen molar-refractivity contribution < 1.29 is 27.9 Å². The summed E-state index contributed by atoms with van der Waals surface area (Å²) in [5.74, 6) is -1.93. The zero-order valence-corrected chi connectivity index (χ0v) is 16.1. The number of carbonyl (C=O) groups excluding carboxylic acids is 2. The molecule has 0 aliphatic heterocycles. The number of hydrogen-bond donors (Lipinski definition) is 2. The van der Waals surface area contributed by atoms with Crippen LogP contribution in [-0.4, -0.2) is 55.0 Å². The van der Waals surface area contributed by atoms with E-state index in [2.05, 4.69) is 5.32 Å². The predicted octanol–water partition coefficient (Wildman–Crippen LogP) is 1.19. The molecule has 1 rings (SSSR count). The van der Waals surface area contributed by atoms with Crippen molar-refractivity contribution in [2.24, 2.45) is 0 Å². The fourth-order valence-corrected chi connectivity index (χ4v) is 2.66. The van der Waals surface area contributed by atoms with Crippen LogP contribution in [0.5, 0.6) is 0 Å². The molecule has 7 nitrogen and oxygen atoms in total. The molecular weight excluding hydrogens is 417 g/mol. The third-order valence-corrected chi connectivity index (χ3v) is 4.83. The van der Waals surface area contributed by atoms with Crippen LogP contribution in [0.3, 0.4) is 0 Å². The SMILES string of the molecule is CS(=O)(=O)c1ccc([C@H](O)[C@H](COC(=O)CCl)NC(=O)C(Cl)Cl)cc1. The molecule has 25 heavy (non-hydrogen) atoms. The zero-order valence-electron chi connectivity index (χ0n) is 13.0. The Morgan fingerprint density at radius 2 is 1.80 bits per heavy atom. The number of nitrogens with one attached hydrogen (secondary N) is 1. The Kier molecular flexibility index (Phi) is 8.43. The topological polar surface area (TPSA) is 110 Å². The van der Waals surface area contributed by atoms with E-state index >= 15 is 0 Å². The summed E-state index contributed by atoms with van der Waals surface area (Å²) in [5, 5.41) is 12.8. The van der Waals surface area contributed by atoms with E-state index in [9.17, 15) is 23.1 Å². The summed E-state index contributed by atoms with van der Waals surface area (Å²) >= 11 is 16.2. The number of carbonyl (C=O) groups is 2. The summed E-state index contributed by atoms with van der Waals surface area (Å²) in [6.07, 6.45) is -0.262. The minimum Gasteiger partial charge on any atom is -0.462 e. The molecule has 0 radical (unpaired) electrons. The van der Waals surface area contributed by atoms with Gasteiger partial charge in [0.15, 0.2) is 14.7 Å². The molecule has 0 aliphatic rings. The van der Waals surface area contributed by atoms with E-state index in [1.54, 1.807) is 0 Å². The number of rotatable bonds is 8. The third kappa shape index (κ3) is 6.99. The predicted molar refractivity (Wildman–Crippen MR) is 93.6 cm³/mol. The first kappa shape index (κ1) is 22.0. The van der Waals surface area contributed by atoms with Crippen LogP contribution >= 0.6 is 34.8 Å². The molecule has 0 heterocycles. The molecule has 1 aromatic rings. The molecule has 0 unspecified atom stereocenters. The molecule has 0 saturated carbocycles. The van der Waals surface area contributed by atoms with Gasteiger partial charge in [-0.2, -0.15) is 0 Å². The van der Waals surface area contributed by atoms with Gasteiger partial charge in [-0.25, -0.2) is 8.42 Å². The van der Waals surface area contributed by atoms with Gasteiger partial charge < -0.3 is 15.2 Å². The van der Waals surface area contributed by atoms with Crippen LogP contribution in [0.25, 0.3) is 0 Å². The van der Waals surface area contributed by atoms with E-state index in [1.807, 2.05) is 0 Å². The van der Waals surface area contributed by atoms with Crippen molar-refractivity contribution in [3.05, 3.63) is 29.8 Å². The Hall–Kier alpha value is -1.06. The highest BCUT2D eigenvalue weighted by Crippen LogP contribution is 2.20. The van der Waals surface area contributed by atoms with Gasteiger partial charge in [0.05, 0.1) is 10.9 Å². The van der Waals surface area contributed by atoms with Crippen molar-refractivity contribution >= 4 is 56.5 Å². The van der Waals surface area contributed by atoms with E-state index in [-0.39, 0.29) is 11.5 Å². The van der Waals surface area contributed by atoms with Crippen LogP contribution in [-0.2, 0) is 24.2 Å². The Balaban J connectivity index is 2.98. The number of alkyl halides is 3. The van der Waals surface area contributed by atoms with Gasteiger partial charge in [-0.3, -0.25) is 9.59 Å². The molecule has 1 amide bonds. The fourth-order valence-electron chi connectivity index (χ4n) is 1.82. The number of sulfone groups is 1. The second-order valence-corrected chi connectivity index (χ2v) is 8.40. The molecule has 0 bridgehead atoms. The van der Waals surface area contributed by atoms with E-state index < -0.39 is 44.6 Å². The summed E-state index contributed by atoms with van der Waals surface area (Å²) < 4.78 is 27.7. The number of aliphatic hydroxyl groups is 1. The largest absolute Gasteiger partial charge is 0.462 e. The summed E-state index contributed by atoms with van der Waals surface area (Å²) in [6, 6.07) is 4.31. The molecule has 0 aromatic heterocycles. The normalized spacial score (nSPS) is 14.0. The van der Waals surface area contributed by atoms with Crippen molar-refractivity contribution in [3.8, 4) is 0 Å². The Morgan fingerprint density at radius 1 is 1.24 bits per heavy atom. The molecule has 0 fully saturated rings. The minimum atomic E-state index is -3.39. The highest BCUT2D eigenvalue weighted by atomic mass is 35.5. The number of halogens is 3. The minimum absolute atomic E-state index is 0.0687. The molecule has 2 atom stereocenters. The third-order valence-electron chi connectivity index (χ3n) is 3.09. The number of aliphatic hydroxyl groups excluding tert-OH is 1. The molecule has 2 N–H and O–H groups in total. The van der Waals surface area contributed by atoms with Crippen molar-refractivity contribution in [1.82, 2.24) is 5.32 Å². The average molecular weight is 433 g/mol. The lowest BCUT2D eigenvalue weighted by molar-refractivity contribution is -0.143. The van der Waals surface area contributed by atoms with Crippen molar-refractivity contribution in [2.45, 2.75) is 21.9 Å². The highest BCUT2D eigenvalue weighted by molar-refractivity contribution is 7.90. The maximum absolute atomic E-state index is 11.7. The van der Waals surface area contributed by atoms with Gasteiger partial charge in [-0.1, -0.05) is 35.3 Å². The second kappa shape index (κ2) is 9.59. The first-order valence-corrected chi connectivity index (χ1v) is 10.1. The number of hydrogen-bond acceptors (Lipinski definition) is 6. The summed E-state index contributed by atoms with van der Waals surface area (Å²) in [5.41, 5.74) is 0.292. The first-order valence-electron chi connectivity index (χ1n) is 6.84. The van der Waals surface area contributed by atoms with Crippen molar-refractivity contribution in [2.75, 3.05) is 18.7 Å². The zero-order chi connectivity index (χ0) is 19.2. The lowest BCUT2D eigenvalue weighted by atomic mass is 10.0. The van der Waals surface area contributed by atoms with E-state index in [0.717, 1.165) is 6.26 Å². The number of amides is 1. The molecular formula is C14H16Cl3NO6S. The van der Waals surface area contributed by atoms with Gasteiger partial charge in [0.1, 0.15) is 18.6 Å². The number of benzene rings is 1. The van der Waals surface area contributed by atoms with Crippen LogP contribution in [0.1, 0.15) is 11.7 Å². The quantitative estimate of drug-likeness (QED) is 0.472. The molecule has 0 aliphatic carbocycles. The second-order valence-electron chi connectivity index (χ2n) is 5.02. The average Bonchev–Trinajstić information content (AvgIpc) is 2.56. The maximum atomic E-state index is 11.7. The molecule has 11 heteroatoms. The van der Waals surface area contributed by atoms with Crippen LogP contribution < -0.4 is 5.32 Å². The van der Waals surface area contributed by atoms with Crippen LogP contribution in [0.15, 0.2) is 29.2 Å². The smallest absolute Gasteiger partial charge is 0.320 e. The number of esters is 1. The highest BCUT2D eigenvalue weighted by Gasteiger charge is 2.26. The maximum Gasteiger partial charge on any atom is 0.320 e. The van der Waals surface area contributed by atoms with E-state index in [1.165, 1.54) is 24.3 Å². The van der Waals surface area contributed by atoms with Gasteiger partial charge in [0, 0.05) is 6.26 Å². The number of ether oxygens (including phenoxy) is 1. The Labute approximate surface area is 160 Å². The van der Waals surface area contributed by atoms with Crippen LogP contribution in [0.4, 0.5) is 0 Å². The molecule has 1 aromatic carbocycles. The molecule has 0 saturated heterocycles. The molecule has 140 valence electrons.